The fourth-order valence-corrected chi connectivity index (χ4v) is 2.59. The number of halogens is 2. The molecule has 0 amide bonds. The van der Waals surface area contributed by atoms with Crippen LogP contribution in [0.2, 0.25) is 0 Å². The Bertz CT molecular complexity index is 604. The maximum atomic E-state index is 12.4. The van der Waals surface area contributed by atoms with Crippen LogP contribution >= 0.6 is 11.3 Å². The molecule has 1 heterocycles. The van der Waals surface area contributed by atoms with Crippen molar-refractivity contribution in [1.82, 2.24) is 4.98 Å². The Kier molecular flexibility index (Phi) is 4.95. The van der Waals surface area contributed by atoms with Crippen molar-refractivity contribution in [3.8, 4) is 11.5 Å². The Labute approximate surface area is 125 Å². The van der Waals surface area contributed by atoms with Gasteiger partial charge in [0.2, 0.25) is 0 Å². The molecule has 114 valence electrons. The Morgan fingerprint density at radius 3 is 2.67 bits per heavy atom. The van der Waals surface area contributed by atoms with Crippen LogP contribution < -0.4 is 14.4 Å². The zero-order chi connectivity index (χ0) is 15.4. The summed E-state index contributed by atoms with van der Waals surface area (Å²) in [6, 6.07) is 4.99. The van der Waals surface area contributed by atoms with Gasteiger partial charge < -0.3 is 14.4 Å². The lowest BCUT2D eigenvalue weighted by Gasteiger charge is -2.17. The van der Waals surface area contributed by atoms with Gasteiger partial charge in [0.15, 0.2) is 16.6 Å². The summed E-state index contributed by atoms with van der Waals surface area (Å²) in [6.07, 6.45) is 1.80. The molecule has 1 aromatic heterocycles. The highest BCUT2D eigenvalue weighted by atomic mass is 32.1. The first kappa shape index (κ1) is 15.5. The first-order valence-corrected chi connectivity index (χ1v) is 7.06. The average molecular weight is 314 g/mol. The molecule has 0 saturated carbocycles. The van der Waals surface area contributed by atoms with Crippen molar-refractivity contribution >= 4 is 16.5 Å². The molecule has 0 unspecified atom stereocenters. The Balaban J connectivity index is 2.16. The predicted octanol–water partition coefficient (Wildman–Crippen LogP) is 3.70. The molecule has 0 aliphatic carbocycles. The number of anilines is 1. The average Bonchev–Trinajstić information content (AvgIpc) is 2.85. The van der Waals surface area contributed by atoms with E-state index in [1.165, 1.54) is 7.11 Å². The van der Waals surface area contributed by atoms with Crippen LogP contribution in [0.1, 0.15) is 10.4 Å². The first-order valence-electron chi connectivity index (χ1n) is 6.25. The standard InChI is InChI=1S/C14H16F2N2O2S/c1-9-7-17-14(21-9)18(2)8-10-4-5-11(19-3)12(6-10)20-13(15)16/h4-7,13H,8H2,1-3H3. The summed E-state index contributed by atoms with van der Waals surface area (Å²) in [5.41, 5.74) is 0.835. The Morgan fingerprint density at radius 2 is 2.10 bits per heavy atom. The number of rotatable bonds is 6. The Morgan fingerprint density at radius 1 is 1.33 bits per heavy atom. The van der Waals surface area contributed by atoms with Crippen molar-refractivity contribution in [1.29, 1.82) is 0 Å². The van der Waals surface area contributed by atoms with Gasteiger partial charge in [-0.3, -0.25) is 0 Å². The second-order valence-electron chi connectivity index (χ2n) is 4.47. The number of alkyl halides is 2. The van der Waals surface area contributed by atoms with Crippen molar-refractivity contribution in [3.63, 3.8) is 0 Å². The largest absolute Gasteiger partial charge is 0.493 e. The molecule has 0 saturated heterocycles. The molecule has 2 rings (SSSR count). The second-order valence-corrected chi connectivity index (χ2v) is 5.69. The summed E-state index contributed by atoms with van der Waals surface area (Å²) < 4.78 is 34.3. The van der Waals surface area contributed by atoms with Crippen LogP contribution in [0.4, 0.5) is 13.9 Å². The molecule has 7 heteroatoms. The van der Waals surface area contributed by atoms with Gasteiger partial charge in [0.25, 0.3) is 0 Å². The van der Waals surface area contributed by atoms with Crippen LogP contribution in [0.25, 0.3) is 0 Å². The van der Waals surface area contributed by atoms with Gasteiger partial charge in [-0.2, -0.15) is 8.78 Å². The highest BCUT2D eigenvalue weighted by Crippen LogP contribution is 2.30. The molecule has 0 N–H and O–H groups in total. The van der Waals surface area contributed by atoms with Gasteiger partial charge in [-0.15, -0.1) is 11.3 Å². The summed E-state index contributed by atoms with van der Waals surface area (Å²) in [5, 5.41) is 0.875. The van der Waals surface area contributed by atoms with Crippen molar-refractivity contribution in [2.75, 3.05) is 19.1 Å². The number of nitrogens with zero attached hydrogens (tertiary/aromatic N) is 2. The fourth-order valence-electron chi connectivity index (χ4n) is 1.87. The molecule has 0 bridgehead atoms. The van der Waals surface area contributed by atoms with E-state index in [1.807, 2.05) is 24.9 Å². The van der Waals surface area contributed by atoms with Gasteiger partial charge in [0, 0.05) is 24.7 Å². The fraction of sp³-hybridized carbons (Fsp3) is 0.357. The van der Waals surface area contributed by atoms with E-state index < -0.39 is 6.61 Å². The summed E-state index contributed by atoms with van der Waals surface area (Å²) in [7, 11) is 3.31. The van der Waals surface area contributed by atoms with Crippen LogP contribution in [-0.4, -0.2) is 25.8 Å². The maximum absolute atomic E-state index is 12.4. The lowest BCUT2D eigenvalue weighted by molar-refractivity contribution is -0.0512. The van der Waals surface area contributed by atoms with Gasteiger partial charge in [-0.25, -0.2) is 4.98 Å². The summed E-state index contributed by atoms with van der Waals surface area (Å²) in [6.45, 7) is -0.360. The third kappa shape index (κ3) is 4.04. The lowest BCUT2D eigenvalue weighted by atomic mass is 10.2. The molecule has 1 aromatic carbocycles. The number of thiazole rings is 1. The highest BCUT2D eigenvalue weighted by Gasteiger charge is 2.13. The summed E-state index contributed by atoms with van der Waals surface area (Å²) in [5.74, 6) is 0.320. The quantitative estimate of drug-likeness (QED) is 0.814. The summed E-state index contributed by atoms with van der Waals surface area (Å²) in [4.78, 5) is 7.35. The third-order valence-corrected chi connectivity index (χ3v) is 3.83. The Hall–Kier alpha value is -1.89. The molecule has 0 radical (unpaired) electrons. The van der Waals surface area contributed by atoms with Crippen LogP contribution in [0, 0.1) is 6.92 Å². The molecule has 0 aliphatic heterocycles. The number of hydrogen-bond acceptors (Lipinski definition) is 5. The number of hydrogen-bond donors (Lipinski definition) is 0. The predicted molar refractivity (Wildman–Crippen MR) is 78.6 cm³/mol. The topological polar surface area (TPSA) is 34.6 Å². The van der Waals surface area contributed by atoms with Crippen molar-refractivity contribution in [2.24, 2.45) is 0 Å². The monoisotopic (exact) mass is 314 g/mol. The van der Waals surface area contributed by atoms with Crippen molar-refractivity contribution in [2.45, 2.75) is 20.1 Å². The van der Waals surface area contributed by atoms with E-state index in [2.05, 4.69) is 9.72 Å². The van der Waals surface area contributed by atoms with Gasteiger partial charge in [0.05, 0.1) is 7.11 Å². The molecule has 0 aliphatic rings. The minimum Gasteiger partial charge on any atom is -0.493 e. The lowest BCUT2D eigenvalue weighted by Crippen LogP contribution is -2.16. The van der Waals surface area contributed by atoms with E-state index in [9.17, 15) is 8.78 Å². The van der Waals surface area contributed by atoms with Crippen LogP contribution in [-0.2, 0) is 6.54 Å². The van der Waals surface area contributed by atoms with Gasteiger partial charge in [-0.05, 0) is 24.6 Å². The molecular weight excluding hydrogens is 298 g/mol. The van der Waals surface area contributed by atoms with Crippen LogP contribution in [0.3, 0.4) is 0 Å². The normalized spacial score (nSPS) is 10.8. The molecule has 21 heavy (non-hydrogen) atoms. The zero-order valence-electron chi connectivity index (χ0n) is 12.0. The molecule has 0 fully saturated rings. The van der Waals surface area contributed by atoms with Crippen LogP contribution in [0.5, 0.6) is 11.5 Å². The molecular formula is C14H16F2N2O2S. The molecule has 4 nitrogen and oxygen atoms in total. The SMILES string of the molecule is COc1ccc(CN(C)c2ncc(C)s2)cc1OC(F)F. The number of aryl methyl sites for hydroxylation is 1. The minimum atomic E-state index is -2.88. The van der Waals surface area contributed by atoms with Gasteiger partial charge in [0.1, 0.15) is 0 Å². The number of ether oxygens (including phenoxy) is 2. The third-order valence-electron chi connectivity index (χ3n) is 2.80. The molecule has 0 atom stereocenters. The summed E-state index contributed by atoms with van der Waals surface area (Å²) >= 11 is 1.58. The first-order chi connectivity index (χ1) is 9.99. The maximum Gasteiger partial charge on any atom is 0.387 e. The van der Waals surface area contributed by atoms with E-state index in [0.717, 1.165) is 15.6 Å². The number of methoxy groups -OCH3 is 1. The van der Waals surface area contributed by atoms with Gasteiger partial charge >= 0.3 is 6.61 Å². The van der Waals surface area contributed by atoms with Gasteiger partial charge in [-0.1, -0.05) is 6.07 Å². The number of benzene rings is 1. The van der Waals surface area contributed by atoms with E-state index in [-0.39, 0.29) is 11.5 Å². The molecule has 2 aromatic rings. The van der Waals surface area contributed by atoms with Crippen LogP contribution in [0.15, 0.2) is 24.4 Å². The minimum absolute atomic E-state index is 0.0359. The van der Waals surface area contributed by atoms with Crippen molar-refractivity contribution < 1.29 is 18.3 Å². The van der Waals surface area contributed by atoms with E-state index in [0.29, 0.717) is 6.54 Å². The van der Waals surface area contributed by atoms with E-state index in [4.69, 9.17) is 4.74 Å². The smallest absolute Gasteiger partial charge is 0.387 e. The van der Waals surface area contributed by atoms with E-state index >= 15 is 0 Å². The zero-order valence-corrected chi connectivity index (χ0v) is 12.8. The molecule has 0 spiro atoms. The van der Waals surface area contributed by atoms with Crippen molar-refractivity contribution in [3.05, 3.63) is 34.8 Å². The number of aromatic nitrogens is 1. The highest BCUT2D eigenvalue weighted by molar-refractivity contribution is 7.15. The van der Waals surface area contributed by atoms with E-state index in [1.54, 1.807) is 29.7 Å². The second kappa shape index (κ2) is 6.71.